The number of carbonyl (C=O) groups is 2. The van der Waals surface area contributed by atoms with Gasteiger partial charge >= 0.3 is 5.97 Å². The van der Waals surface area contributed by atoms with Gasteiger partial charge in [0.05, 0.1) is 19.3 Å². The Labute approximate surface area is 105 Å². The molecule has 1 aliphatic heterocycles. The van der Waals surface area contributed by atoms with Gasteiger partial charge < -0.3 is 14.4 Å². The molecule has 96 valence electrons. The maximum atomic E-state index is 11.7. The summed E-state index contributed by atoms with van der Waals surface area (Å²) in [7, 11) is 1.35. The molecule has 0 saturated carbocycles. The van der Waals surface area contributed by atoms with Crippen molar-refractivity contribution in [2.45, 2.75) is 6.92 Å². The lowest BCUT2D eigenvalue weighted by Crippen LogP contribution is -2.41. The van der Waals surface area contributed by atoms with E-state index in [9.17, 15) is 9.59 Å². The summed E-state index contributed by atoms with van der Waals surface area (Å²) in [6, 6.07) is 5.25. The second-order valence-corrected chi connectivity index (χ2v) is 4.09. The monoisotopic (exact) mass is 249 g/mol. The molecule has 1 aromatic carbocycles. The lowest BCUT2D eigenvalue weighted by Gasteiger charge is -2.27. The molecule has 1 amide bonds. The molecule has 0 unspecified atom stereocenters. The van der Waals surface area contributed by atoms with E-state index in [4.69, 9.17) is 4.74 Å². The van der Waals surface area contributed by atoms with Gasteiger partial charge in [0.1, 0.15) is 6.61 Å². The zero-order chi connectivity index (χ0) is 13.1. The fraction of sp³-hybridized carbons (Fsp3) is 0.385. The highest BCUT2D eigenvalue weighted by molar-refractivity contribution is 5.96. The highest BCUT2D eigenvalue weighted by Gasteiger charge is 2.21. The van der Waals surface area contributed by atoms with Crippen molar-refractivity contribution in [3.63, 3.8) is 0 Å². The zero-order valence-electron chi connectivity index (χ0n) is 10.4. The van der Waals surface area contributed by atoms with E-state index in [0.717, 1.165) is 11.3 Å². The normalized spacial score (nSPS) is 15.7. The van der Waals surface area contributed by atoms with Crippen molar-refractivity contribution in [3.8, 4) is 0 Å². The fourth-order valence-electron chi connectivity index (χ4n) is 1.95. The number of morpholine rings is 1. The zero-order valence-corrected chi connectivity index (χ0v) is 10.4. The van der Waals surface area contributed by atoms with E-state index in [1.165, 1.54) is 7.11 Å². The number of benzene rings is 1. The van der Waals surface area contributed by atoms with E-state index >= 15 is 0 Å². The first-order valence-corrected chi connectivity index (χ1v) is 5.70. The van der Waals surface area contributed by atoms with Crippen LogP contribution in [0.2, 0.25) is 0 Å². The van der Waals surface area contributed by atoms with E-state index in [1.54, 1.807) is 17.0 Å². The van der Waals surface area contributed by atoms with E-state index in [0.29, 0.717) is 18.7 Å². The third-order valence-corrected chi connectivity index (χ3v) is 2.91. The first-order valence-electron chi connectivity index (χ1n) is 5.70. The molecule has 0 aliphatic carbocycles. The van der Waals surface area contributed by atoms with Gasteiger partial charge in [-0.15, -0.1) is 0 Å². The molecule has 1 aliphatic rings. The van der Waals surface area contributed by atoms with Crippen LogP contribution in [0.1, 0.15) is 15.9 Å². The van der Waals surface area contributed by atoms with E-state index in [1.807, 2.05) is 13.0 Å². The van der Waals surface area contributed by atoms with Crippen molar-refractivity contribution in [3.05, 3.63) is 29.3 Å². The van der Waals surface area contributed by atoms with Crippen LogP contribution in [-0.2, 0) is 14.3 Å². The number of amides is 1. The van der Waals surface area contributed by atoms with Crippen molar-refractivity contribution in [1.82, 2.24) is 0 Å². The van der Waals surface area contributed by atoms with Gasteiger partial charge in [0.2, 0.25) is 0 Å². The summed E-state index contributed by atoms with van der Waals surface area (Å²) in [5, 5.41) is 0. The Morgan fingerprint density at radius 3 is 2.83 bits per heavy atom. The topological polar surface area (TPSA) is 55.8 Å². The molecule has 0 bridgehead atoms. The van der Waals surface area contributed by atoms with Crippen LogP contribution in [0, 0.1) is 6.92 Å². The summed E-state index contributed by atoms with van der Waals surface area (Å²) in [5.41, 5.74) is 2.09. The Balaban J connectivity index is 2.28. The van der Waals surface area contributed by atoms with E-state index in [-0.39, 0.29) is 18.5 Å². The van der Waals surface area contributed by atoms with Gasteiger partial charge in [-0.2, -0.15) is 0 Å². The largest absolute Gasteiger partial charge is 0.465 e. The Morgan fingerprint density at radius 1 is 1.44 bits per heavy atom. The Kier molecular flexibility index (Phi) is 3.62. The number of hydrogen-bond donors (Lipinski definition) is 0. The number of rotatable bonds is 2. The summed E-state index contributed by atoms with van der Waals surface area (Å²) in [4.78, 5) is 24.8. The first-order chi connectivity index (χ1) is 8.63. The lowest BCUT2D eigenvalue weighted by molar-refractivity contribution is -0.125. The first kappa shape index (κ1) is 12.6. The summed E-state index contributed by atoms with van der Waals surface area (Å²) in [5.74, 6) is -0.432. The summed E-state index contributed by atoms with van der Waals surface area (Å²) < 4.78 is 9.76. The Hall–Kier alpha value is -1.88. The number of carbonyl (C=O) groups excluding carboxylic acids is 2. The van der Waals surface area contributed by atoms with E-state index < -0.39 is 0 Å². The summed E-state index contributed by atoms with van der Waals surface area (Å²) in [6.07, 6.45) is 0. The SMILES string of the molecule is COC(=O)c1ccc(N2CCOCC2=O)cc1C. The number of nitrogens with zero attached hydrogens (tertiary/aromatic N) is 1. The molecule has 1 aromatic rings. The van der Waals surface area contributed by atoms with Crippen molar-refractivity contribution in [1.29, 1.82) is 0 Å². The van der Waals surface area contributed by atoms with Crippen LogP contribution in [-0.4, -0.2) is 38.7 Å². The highest BCUT2D eigenvalue weighted by Crippen LogP contribution is 2.21. The van der Waals surface area contributed by atoms with Crippen LogP contribution in [0.25, 0.3) is 0 Å². The van der Waals surface area contributed by atoms with Crippen LogP contribution < -0.4 is 4.90 Å². The minimum atomic E-state index is -0.368. The molecule has 0 spiro atoms. The van der Waals surface area contributed by atoms with Gasteiger partial charge in [-0.1, -0.05) is 0 Å². The molecule has 0 aromatic heterocycles. The van der Waals surface area contributed by atoms with Gasteiger partial charge in [-0.05, 0) is 30.7 Å². The van der Waals surface area contributed by atoms with Crippen LogP contribution in [0.5, 0.6) is 0 Å². The molecular weight excluding hydrogens is 234 g/mol. The molecule has 5 heteroatoms. The second-order valence-electron chi connectivity index (χ2n) is 4.09. The van der Waals surface area contributed by atoms with Gasteiger partial charge in [-0.25, -0.2) is 4.79 Å². The number of methoxy groups -OCH3 is 1. The third kappa shape index (κ3) is 2.36. The quantitative estimate of drug-likeness (QED) is 0.738. The average molecular weight is 249 g/mol. The standard InChI is InChI=1S/C13H15NO4/c1-9-7-10(3-4-11(9)13(16)17-2)14-5-6-18-8-12(14)15/h3-4,7H,5-6,8H2,1-2H3. The molecular formula is C13H15NO4. The van der Waals surface area contributed by atoms with Crippen molar-refractivity contribution in [2.75, 3.05) is 31.8 Å². The van der Waals surface area contributed by atoms with Crippen LogP contribution in [0.3, 0.4) is 0 Å². The molecule has 18 heavy (non-hydrogen) atoms. The van der Waals surface area contributed by atoms with Gasteiger partial charge in [0.25, 0.3) is 5.91 Å². The van der Waals surface area contributed by atoms with Crippen molar-refractivity contribution >= 4 is 17.6 Å². The highest BCUT2D eigenvalue weighted by atomic mass is 16.5. The molecule has 5 nitrogen and oxygen atoms in total. The average Bonchev–Trinajstić information content (AvgIpc) is 2.38. The number of esters is 1. The number of anilines is 1. The van der Waals surface area contributed by atoms with Crippen LogP contribution >= 0.6 is 0 Å². The van der Waals surface area contributed by atoms with Gasteiger partial charge in [0, 0.05) is 12.2 Å². The van der Waals surface area contributed by atoms with E-state index in [2.05, 4.69) is 4.74 Å². The summed E-state index contributed by atoms with van der Waals surface area (Å²) in [6.45, 7) is 3.00. The lowest BCUT2D eigenvalue weighted by atomic mass is 10.1. The number of aryl methyl sites for hydroxylation is 1. The van der Waals surface area contributed by atoms with Crippen molar-refractivity contribution < 1.29 is 19.1 Å². The van der Waals surface area contributed by atoms with Crippen LogP contribution in [0.15, 0.2) is 18.2 Å². The second kappa shape index (κ2) is 5.18. The third-order valence-electron chi connectivity index (χ3n) is 2.91. The summed E-state index contributed by atoms with van der Waals surface area (Å²) >= 11 is 0. The molecule has 1 heterocycles. The maximum Gasteiger partial charge on any atom is 0.338 e. The molecule has 1 fully saturated rings. The predicted octanol–water partition coefficient (Wildman–Crippen LogP) is 1.14. The van der Waals surface area contributed by atoms with Gasteiger partial charge in [-0.3, -0.25) is 4.79 Å². The molecule has 1 saturated heterocycles. The predicted molar refractivity (Wildman–Crippen MR) is 65.7 cm³/mol. The Bertz CT molecular complexity index is 484. The molecule has 0 atom stereocenters. The fourth-order valence-corrected chi connectivity index (χ4v) is 1.95. The van der Waals surface area contributed by atoms with Crippen LogP contribution in [0.4, 0.5) is 5.69 Å². The molecule has 2 rings (SSSR count). The smallest absolute Gasteiger partial charge is 0.338 e. The molecule has 0 N–H and O–H groups in total. The Morgan fingerprint density at radius 2 is 2.22 bits per heavy atom. The van der Waals surface area contributed by atoms with Gasteiger partial charge in [0.15, 0.2) is 0 Å². The number of ether oxygens (including phenoxy) is 2. The minimum absolute atomic E-state index is 0.0635. The maximum absolute atomic E-state index is 11.7. The minimum Gasteiger partial charge on any atom is -0.465 e. The van der Waals surface area contributed by atoms with Crippen molar-refractivity contribution in [2.24, 2.45) is 0 Å². The number of hydrogen-bond acceptors (Lipinski definition) is 4. The molecule has 0 radical (unpaired) electrons.